The molecule has 0 saturated carbocycles. The molecule has 0 aromatic carbocycles. The topological polar surface area (TPSA) is 50.5 Å². The van der Waals surface area contributed by atoms with Gasteiger partial charge in [0.15, 0.2) is 10.8 Å². The van der Waals surface area contributed by atoms with E-state index < -0.39 is 0 Å². The van der Waals surface area contributed by atoms with Crippen LogP contribution in [0.4, 0.5) is 0 Å². The number of amides is 1. The maximum absolute atomic E-state index is 12.5. The van der Waals surface area contributed by atoms with Crippen LogP contribution in [0.2, 0.25) is 10.0 Å². The Kier molecular flexibility index (Phi) is 5.34. The van der Waals surface area contributed by atoms with Crippen molar-refractivity contribution in [1.82, 2.24) is 19.5 Å². The number of hydrogen-bond donors (Lipinski definition) is 0. The third-order valence-corrected chi connectivity index (χ3v) is 5.55. The molecule has 0 N–H and O–H groups in total. The van der Waals surface area contributed by atoms with E-state index in [-0.39, 0.29) is 5.91 Å². The molecule has 1 amide bonds. The summed E-state index contributed by atoms with van der Waals surface area (Å²) < 4.78 is 1.73. The Morgan fingerprint density at radius 2 is 2.22 bits per heavy atom. The Morgan fingerprint density at radius 1 is 1.39 bits per heavy atom. The lowest BCUT2D eigenvalue weighted by molar-refractivity contribution is -0.132. The number of fused-ring (bicyclic) bond motifs is 1. The van der Waals surface area contributed by atoms with Crippen molar-refractivity contribution in [2.45, 2.75) is 43.8 Å². The first-order valence-electron chi connectivity index (χ1n) is 7.72. The van der Waals surface area contributed by atoms with Gasteiger partial charge < -0.3 is 4.90 Å². The summed E-state index contributed by atoms with van der Waals surface area (Å²) in [5, 5.41) is 9.76. The van der Waals surface area contributed by atoms with Gasteiger partial charge in [-0.15, -0.1) is 10.2 Å². The number of carbonyl (C=O) groups is 1. The maximum Gasteiger partial charge on any atom is 0.233 e. The molecule has 2 aromatic rings. The van der Waals surface area contributed by atoms with Gasteiger partial charge in [-0.25, -0.2) is 0 Å². The number of piperidine rings is 1. The lowest BCUT2D eigenvalue weighted by Gasteiger charge is -2.35. The molecule has 124 valence electrons. The van der Waals surface area contributed by atoms with Gasteiger partial charge in [0, 0.05) is 18.8 Å². The van der Waals surface area contributed by atoms with E-state index in [1.54, 1.807) is 16.7 Å². The summed E-state index contributed by atoms with van der Waals surface area (Å²) in [6.07, 6.45) is 6.13. The smallest absolute Gasteiger partial charge is 0.233 e. The summed E-state index contributed by atoms with van der Waals surface area (Å²) in [4.78, 5) is 14.5. The Labute approximate surface area is 149 Å². The molecule has 0 radical (unpaired) electrons. The van der Waals surface area contributed by atoms with Gasteiger partial charge in [-0.1, -0.05) is 41.9 Å². The van der Waals surface area contributed by atoms with E-state index in [4.69, 9.17) is 23.2 Å². The van der Waals surface area contributed by atoms with Crippen LogP contribution in [0.15, 0.2) is 17.4 Å². The molecule has 5 nitrogen and oxygen atoms in total. The highest BCUT2D eigenvalue weighted by atomic mass is 35.5. The number of hydrogen-bond acceptors (Lipinski definition) is 4. The van der Waals surface area contributed by atoms with Crippen LogP contribution in [-0.2, 0) is 4.79 Å². The Morgan fingerprint density at radius 3 is 3.00 bits per heavy atom. The minimum Gasteiger partial charge on any atom is -0.339 e. The van der Waals surface area contributed by atoms with Crippen molar-refractivity contribution in [1.29, 1.82) is 0 Å². The van der Waals surface area contributed by atoms with E-state index in [0.29, 0.717) is 32.6 Å². The lowest BCUT2D eigenvalue weighted by atomic mass is 10.0. The van der Waals surface area contributed by atoms with Crippen LogP contribution < -0.4 is 0 Å². The molecule has 23 heavy (non-hydrogen) atoms. The fourth-order valence-electron chi connectivity index (χ4n) is 2.96. The number of likely N-dealkylation sites (tertiary alicyclic amines) is 1. The molecule has 0 aliphatic carbocycles. The summed E-state index contributed by atoms with van der Waals surface area (Å²) in [5.74, 6) is 0.507. The van der Waals surface area contributed by atoms with Crippen molar-refractivity contribution in [3.05, 3.63) is 22.3 Å². The van der Waals surface area contributed by atoms with E-state index >= 15 is 0 Å². The fraction of sp³-hybridized carbons (Fsp3) is 0.533. The molecule has 0 spiro atoms. The van der Waals surface area contributed by atoms with Crippen molar-refractivity contribution in [2.24, 2.45) is 0 Å². The van der Waals surface area contributed by atoms with E-state index in [0.717, 1.165) is 25.8 Å². The quantitative estimate of drug-likeness (QED) is 0.763. The first kappa shape index (κ1) is 16.9. The van der Waals surface area contributed by atoms with Crippen molar-refractivity contribution >= 4 is 46.5 Å². The Bertz CT molecular complexity index is 721. The van der Waals surface area contributed by atoms with Gasteiger partial charge in [0.2, 0.25) is 5.91 Å². The third-order valence-electron chi connectivity index (χ3n) is 4.14. The highest BCUT2D eigenvalue weighted by molar-refractivity contribution is 7.99. The average Bonchev–Trinajstić information content (AvgIpc) is 2.95. The second kappa shape index (κ2) is 7.28. The molecule has 3 heterocycles. The predicted molar refractivity (Wildman–Crippen MR) is 93.4 cm³/mol. The first-order chi connectivity index (χ1) is 11.1. The molecule has 2 aromatic heterocycles. The second-order valence-corrected chi connectivity index (χ2v) is 7.40. The number of halogens is 2. The van der Waals surface area contributed by atoms with Crippen LogP contribution in [0.1, 0.15) is 32.6 Å². The zero-order chi connectivity index (χ0) is 16.4. The first-order valence-corrected chi connectivity index (χ1v) is 9.46. The zero-order valence-electron chi connectivity index (χ0n) is 12.8. The number of thioether (sulfide) groups is 1. The van der Waals surface area contributed by atoms with Crippen molar-refractivity contribution < 1.29 is 4.79 Å². The highest BCUT2D eigenvalue weighted by Crippen LogP contribution is 2.26. The van der Waals surface area contributed by atoms with E-state index in [1.165, 1.54) is 18.2 Å². The van der Waals surface area contributed by atoms with E-state index in [1.807, 2.05) is 4.90 Å². The molecule has 1 fully saturated rings. The van der Waals surface area contributed by atoms with Crippen LogP contribution in [0.5, 0.6) is 0 Å². The molecular formula is C15H18Cl2N4OS. The van der Waals surface area contributed by atoms with Gasteiger partial charge in [-0.05, 0) is 31.7 Å². The van der Waals surface area contributed by atoms with Gasteiger partial charge in [-0.3, -0.25) is 9.20 Å². The largest absolute Gasteiger partial charge is 0.339 e. The summed E-state index contributed by atoms with van der Waals surface area (Å²) in [6, 6.07) is 2.00. The van der Waals surface area contributed by atoms with Crippen LogP contribution in [0.25, 0.3) is 5.65 Å². The number of rotatable bonds is 4. The monoisotopic (exact) mass is 372 g/mol. The van der Waals surface area contributed by atoms with Gasteiger partial charge >= 0.3 is 0 Å². The number of aromatic nitrogens is 3. The zero-order valence-corrected chi connectivity index (χ0v) is 15.2. The van der Waals surface area contributed by atoms with E-state index in [9.17, 15) is 4.79 Å². The standard InChI is InChI=1S/C15H18Cl2N4OS/c1-2-11-5-3-4-6-20(11)13(22)9-23-15-19-18-14-12(17)7-10(16)8-21(14)15/h7-8,11H,2-6,9H2,1H3. The number of nitrogens with zero attached hydrogens (tertiary/aromatic N) is 4. The van der Waals surface area contributed by atoms with Crippen molar-refractivity contribution in [3.8, 4) is 0 Å². The molecule has 8 heteroatoms. The Balaban J connectivity index is 1.72. The Hall–Kier alpha value is -0.980. The molecule has 3 rings (SSSR count). The molecule has 0 bridgehead atoms. The van der Waals surface area contributed by atoms with Crippen LogP contribution >= 0.6 is 35.0 Å². The molecule has 1 saturated heterocycles. The fourth-order valence-corrected chi connectivity index (χ4v) is 4.27. The minimum atomic E-state index is 0.159. The van der Waals surface area contributed by atoms with Crippen molar-refractivity contribution in [3.63, 3.8) is 0 Å². The predicted octanol–water partition coefficient (Wildman–Crippen LogP) is 3.92. The molecule has 1 aliphatic rings. The van der Waals surface area contributed by atoms with Gasteiger partial charge in [0.1, 0.15) is 0 Å². The third kappa shape index (κ3) is 3.59. The summed E-state index contributed by atoms with van der Waals surface area (Å²) in [5.41, 5.74) is 0.551. The summed E-state index contributed by atoms with van der Waals surface area (Å²) in [6.45, 7) is 3.00. The molecule has 1 aliphatic heterocycles. The van der Waals surface area contributed by atoms with Gasteiger partial charge in [0.25, 0.3) is 0 Å². The van der Waals surface area contributed by atoms with E-state index in [2.05, 4.69) is 17.1 Å². The normalized spacial score (nSPS) is 18.6. The van der Waals surface area contributed by atoms with Crippen LogP contribution in [-0.4, -0.2) is 43.7 Å². The summed E-state index contributed by atoms with van der Waals surface area (Å²) >= 11 is 13.5. The van der Waals surface area contributed by atoms with Crippen molar-refractivity contribution in [2.75, 3.05) is 12.3 Å². The SMILES string of the molecule is CCC1CCCCN1C(=O)CSc1nnc2c(Cl)cc(Cl)cn12. The lowest BCUT2D eigenvalue weighted by Crippen LogP contribution is -2.44. The van der Waals surface area contributed by atoms with Crippen LogP contribution in [0, 0.1) is 0 Å². The highest BCUT2D eigenvalue weighted by Gasteiger charge is 2.25. The average molecular weight is 373 g/mol. The summed E-state index contributed by atoms with van der Waals surface area (Å²) in [7, 11) is 0. The number of carbonyl (C=O) groups excluding carboxylic acids is 1. The number of pyridine rings is 1. The van der Waals surface area contributed by atoms with Gasteiger partial charge in [0.05, 0.1) is 15.8 Å². The van der Waals surface area contributed by atoms with Gasteiger partial charge in [-0.2, -0.15) is 0 Å². The molecular weight excluding hydrogens is 355 g/mol. The molecule has 1 unspecified atom stereocenters. The maximum atomic E-state index is 12.5. The van der Waals surface area contributed by atoms with Crippen LogP contribution in [0.3, 0.4) is 0 Å². The molecule has 1 atom stereocenters. The minimum absolute atomic E-state index is 0.159. The second-order valence-electron chi connectivity index (χ2n) is 5.62.